The molecule has 2 aliphatic rings. The lowest BCUT2D eigenvalue weighted by Crippen LogP contribution is -2.53. The molecule has 41 heavy (non-hydrogen) atoms. The minimum absolute atomic E-state index is 0.0288. The van der Waals surface area contributed by atoms with Crippen LogP contribution in [0.1, 0.15) is 23.2 Å². The molecule has 2 aromatic carbocycles. The topological polar surface area (TPSA) is 251 Å². The summed E-state index contributed by atoms with van der Waals surface area (Å²) in [7, 11) is 0. The van der Waals surface area contributed by atoms with Crippen LogP contribution in [0, 0.1) is 0 Å². The number of benzene rings is 2. The number of amides is 1. The number of piperidine rings is 1. The van der Waals surface area contributed by atoms with Gasteiger partial charge in [0.2, 0.25) is 17.8 Å². The highest BCUT2D eigenvalue weighted by molar-refractivity contribution is 6.07. The summed E-state index contributed by atoms with van der Waals surface area (Å²) in [5.41, 5.74) is 25.1. The molecule has 1 amide bonds. The van der Waals surface area contributed by atoms with Crippen molar-refractivity contribution in [2.24, 2.45) is 22.9 Å². The molecule has 3 heterocycles. The number of nitrogens with one attached hydrogen (secondary N) is 2. The number of carbonyl (C=O) groups excluding carboxylic acids is 1. The number of hydrogen-bond donors (Lipinski definition) is 9. The molecule has 15 nitrogen and oxygen atoms in total. The number of hydrogen-bond acceptors (Lipinski definition) is 14. The molecule has 3 aromatic rings. The number of aromatic hydroxyl groups is 3. The number of anilines is 5. The average molecular weight is 566 g/mol. The number of carbonyl (C=O) groups is 1. The number of nitrogens with two attached hydrogens (primary N) is 4. The van der Waals surface area contributed by atoms with Crippen LogP contribution in [-0.4, -0.2) is 86.5 Å². The van der Waals surface area contributed by atoms with Gasteiger partial charge < -0.3 is 58.7 Å². The van der Waals surface area contributed by atoms with Gasteiger partial charge in [-0.05, 0) is 37.1 Å². The molecule has 5 rings (SSSR count). The van der Waals surface area contributed by atoms with Gasteiger partial charge in [0.15, 0.2) is 0 Å². The molecule has 0 saturated carbocycles. The first-order valence-corrected chi connectivity index (χ1v) is 13.3. The number of phenolic OH excluding ortho intramolecular Hbond substituents is 3. The fourth-order valence-electron chi connectivity index (χ4n) is 5.19. The first-order chi connectivity index (χ1) is 19.6. The van der Waals surface area contributed by atoms with Gasteiger partial charge in [-0.15, -0.1) is 0 Å². The van der Waals surface area contributed by atoms with Crippen molar-refractivity contribution < 1.29 is 20.1 Å². The SMILES string of the molecule is NC[C@@H]1C[C@H](N)CN1c1nc(Nc2ccc(NC(=O)c3ccc(O)cc3O)c(O)c2)nc(N2C[C@H](N)C[C@H](N)C2)n1. The summed E-state index contributed by atoms with van der Waals surface area (Å²) < 4.78 is 0. The molecular weight excluding hydrogens is 530 g/mol. The standard InChI is InChI=1S/C26H35N11O4/c27-9-17-6-15(30)12-37(17)26-34-24(33-25(35-26)36-10-13(28)5-14(29)11-36)31-16-1-4-20(22(40)7-16)32-23(41)19-3-2-18(38)8-21(19)39/h1-4,7-8,13-15,17,38-40H,5-6,9-12,27-30H2,(H,32,41)(H,31,33,34,35)/t13-,14+,15-,17-/m0/s1. The van der Waals surface area contributed by atoms with Crippen LogP contribution < -0.4 is 43.4 Å². The van der Waals surface area contributed by atoms with E-state index in [4.69, 9.17) is 27.9 Å². The van der Waals surface area contributed by atoms with Crippen LogP contribution in [0.5, 0.6) is 17.2 Å². The number of nitrogens with zero attached hydrogens (tertiary/aromatic N) is 5. The van der Waals surface area contributed by atoms with E-state index >= 15 is 0 Å². The fourth-order valence-corrected chi connectivity index (χ4v) is 5.19. The Labute approximate surface area is 236 Å². The quantitative estimate of drug-likeness (QED) is 0.167. The van der Waals surface area contributed by atoms with Crippen LogP contribution in [0.4, 0.5) is 29.2 Å². The molecule has 0 spiro atoms. The molecule has 0 unspecified atom stereocenters. The normalized spacial score (nSPS) is 22.5. The second kappa shape index (κ2) is 11.6. The van der Waals surface area contributed by atoms with Crippen molar-refractivity contribution in [1.82, 2.24) is 15.0 Å². The zero-order chi connectivity index (χ0) is 29.3. The second-order valence-electron chi connectivity index (χ2n) is 10.5. The van der Waals surface area contributed by atoms with Crippen LogP contribution in [0.3, 0.4) is 0 Å². The highest BCUT2D eigenvalue weighted by Gasteiger charge is 2.33. The summed E-state index contributed by atoms with van der Waals surface area (Å²) in [6.07, 6.45) is 1.41. The van der Waals surface area contributed by atoms with E-state index in [0.29, 0.717) is 56.6 Å². The maximum Gasteiger partial charge on any atom is 0.259 e. The molecule has 2 aliphatic heterocycles. The van der Waals surface area contributed by atoms with Crippen molar-refractivity contribution in [2.75, 3.05) is 46.6 Å². The van der Waals surface area contributed by atoms with Gasteiger partial charge >= 0.3 is 0 Å². The summed E-state index contributed by atoms with van der Waals surface area (Å²) in [6, 6.07) is 7.75. The predicted octanol–water partition coefficient (Wildman–Crippen LogP) is -0.286. The van der Waals surface area contributed by atoms with E-state index in [0.717, 1.165) is 6.07 Å². The van der Waals surface area contributed by atoms with Crippen LogP contribution in [-0.2, 0) is 0 Å². The van der Waals surface area contributed by atoms with E-state index in [1.165, 1.54) is 24.3 Å². The minimum atomic E-state index is -0.665. The largest absolute Gasteiger partial charge is 0.508 e. The molecule has 1 aromatic heterocycles. The van der Waals surface area contributed by atoms with Crippen LogP contribution >= 0.6 is 0 Å². The molecular formula is C26H35N11O4. The van der Waals surface area contributed by atoms with E-state index in [1.54, 1.807) is 6.07 Å². The minimum Gasteiger partial charge on any atom is -0.508 e. The van der Waals surface area contributed by atoms with Gasteiger partial charge in [0.05, 0.1) is 11.3 Å². The van der Waals surface area contributed by atoms with Crippen molar-refractivity contribution in [3.63, 3.8) is 0 Å². The molecule has 15 heteroatoms. The molecule has 2 saturated heterocycles. The van der Waals surface area contributed by atoms with Crippen LogP contribution in [0.25, 0.3) is 0 Å². The monoisotopic (exact) mass is 565 g/mol. The first kappa shape index (κ1) is 28.1. The van der Waals surface area contributed by atoms with Crippen LogP contribution in [0.2, 0.25) is 0 Å². The van der Waals surface area contributed by atoms with Gasteiger partial charge in [-0.3, -0.25) is 4.79 Å². The van der Waals surface area contributed by atoms with E-state index in [9.17, 15) is 20.1 Å². The second-order valence-corrected chi connectivity index (χ2v) is 10.5. The molecule has 0 bridgehead atoms. The lowest BCUT2D eigenvalue weighted by atomic mass is 10.0. The zero-order valence-corrected chi connectivity index (χ0v) is 22.3. The number of rotatable bonds is 7. The number of phenols is 3. The molecule has 4 atom stereocenters. The Kier molecular flexibility index (Phi) is 7.94. The lowest BCUT2D eigenvalue weighted by Gasteiger charge is -2.35. The van der Waals surface area contributed by atoms with E-state index in [1.807, 2.05) is 9.80 Å². The average Bonchev–Trinajstić information content (AvgIpc) is 3.30. The lowest BCUT2D eigenvalue weighted by molar-refractivity contribution is 0.102. The highest BCUT2D eigenvalue weighted by atomic mass is 16.3. The van der Waals surface area contributed by atoms with E-state index < -0.39 is 11.7 Å². The van der Waals surface area contributed by atoms with Gasteiger partial charge in [-0.25, -0.2) is 0 Å². The zero-order valence-electron chi connectivity index (χ0n) is 22.3. The number of aromatic nitrogens is 3. The van der Waals surface area contributed by atoms with Crippen molar-refractivity contribution in [3.05, 3.63) is 42.0 Å². The molecule has 0 aliphatic carbocycles. The van der Waals surface area contributed by atoms with E-state index in [2.05, 4.69) is 20.6 Å². The Morgan fingerprint density at radius 2 is 1.59 bits per heavy atom. The van der Waals surface area contributed by atoms with Crippen molar-refractivity contribution in [3.8, 4) is 17.2 Å². The Morgan fingerprint density at radius 3 is 2.27 bits per heavy atom. The summed E-state index contributed by atoms with van der Waals surface area (Å²) in [5, 5.41) is 35.7. The Hall–Kier alpha value is -4.44. The maximum atomic E-state index is 12.6. The molecule has 13 N–H and O–H groups in total. The smallest absolute Gasteiger partial charge is 0.259 e. The highest BCUT2D eigenvalue weighted by Crippen LogP contribution is 2.31. The Balaban J connectivity index is 1.40. The molecule has 218 valence electrons. The van der Waals surface area contributed by atoms with Gasteiger partial charge in [-0.2, -0.15) is 15.0 Å². The summed E-state index contributed by atoms with van der Waals surface area (Å²) in [4.78, 5) is 30.5. The van der Waals surface area contributed by atoms with Gasteiger partial charge in [0.1, 0.15) is 17.2 Å². The Morgan fingerprint density at radius 1 is 0.878 bits per heavy atom. The summed E-state index contributed by atoms with van der Waals surface area (Å²) >= 11 is 0. The van der Waals surface area contributed by atoms with Gasteiger partial charge in [0.25, 0.3) is 5.91 Å². The predicted molar refractivity (Wildman–Crippen MR) is 155 cm³/mol. The molecule has 2 fully saturated rings. The maximum absolute atomic E-state index is 12.6. The van der Waals surface area contributed by atoms with Gasteiger partial charge in [-0.1, -0.05) is 0 Å². The van der Waals surface area contributed by atoms with E-state index in [-0.39, 0.29) is 52.9 Å². The first-order valence-electron chi connectivity index (χ1n) is 13.3. The third-order valence-electron chi connectivity index (χ3n) is 7.11. The third kappa shape index (κ3) is 6.33. The van der Waals surface area contributed by atoms with Crippen molar-refractivity contribution in [2.45, 2.75) is 37.0 Å². The Bertz CT molecular complexity index is 1410. The fraction of sp³-hybridized carbons (Fsp3) is 0.385. The van der Waals surface area contributed by atoms with Crippen molar-refractivity contribution >= 4 is 35.1 Å². The van der Waals surface area contributed by atoms with Crippen molar-refractivity contribution in [1.29, 1.82) is 0 Å². The summed E-state index contributed by atoms with van der Waals surface area (Å²) in [6.45, 7) is 1.99. The third-order valence-corrected chi connectivity index (χ3v) is 7.11. The summed E-state index contributed by atoms with van der Waals surface area (Å²) in [5.74, 6) is -0.442. The van der Waals surface area contributed by atoms with Crippen LogP contribution in [0.15, 0.2) is 36.4 Å². The molecule has 0 radical (unpaired) electrons. The van der Waals surface area contributed by atoms with Gasteiger partial charge in [0, 0.05) is 68.2 Å².